The molecular weight excluding hydrogens is 457 g/mol. The molecule has 3 aromatic rings. The Labute approximate surface area is 212 Å². The number of carbonyl (C=O) groups excluding carboxylic acids is 1. The Bertz CT molecular complexity index is 1210. The van der Waals surface area contributed by atoms with E-state index in [0.29, 0.717) is 25.7 Å². The van der Waals surface area contributed by atoms with Crippen LogP contribution in [0.15, 0.2) is 42.7 Å². The summed E-state index contributed by atoms with van der Waals surface area (Å²) in [6.07, 6.45) is 5.50. The van der Waals surface area contributed by atoms with Crippen molar-refractivity contribution in [2.45, 2.75) is 45.6 Å². The Morgan fingerprint density at radius 1 is 1.06 bits per heavy atom. The van der Waals surface area contributed by atoms with Crippen LogP contribution in [-0.4, -0.2) is 77.4 Å². The number of carbonyl (C=O) groups is 1. The topological polar surface area (TPSA) is 53.3 Å². The van der Waals surface area contributed by atoms with Crippen molar-refractivity contribution in [1.29, 1.82) is 0 Å². The molecular formula is C28H36FN5O2. The van der Waals surface area contributed by atoms with E-state index in [-0.39, 0.29) is 17.8 Å². The van der Waals surface area contributed by atoms with Gasteiger partial charge in [0.2, 0.25) is 0 Å². The molecule has 1 amide bonds. The van der Waals surface area contributed by atoms with E-state index in [1.54, 1.807) is 17.2 Å². The molecule has 0 saturated carbocycles. The molecule has 2 fully saturated rings. The molecule has 5 rings (SSSR count). The summed E-state index contributed by atoms with van der Waals surface area (Å²) in [6, 6.07) is 10.3. The first-order valence-electron chi connectivity index (χ1n) is 13.1. The molecule has 2 aliphatic rings. The quantitative estimate of drug-likeness (QED) is 0.500. The largest absolute Gasteiger partial charge is 0.450 e. The van der Waals surface area contributed by atoms with Crippen molar-refractivity contribution in [3.8, 4) is 11.1 Å². The Hall–Kier alpha value is -3.13. The van der Waals surface area contributed by atoms with Gasteiger partial charge in [0.05, 0.1) is 17.8 Å². The minimum atomic E-state index is -0.252. The zero-order valence-corrected chi connectivity index (χ0v) is 21.5. The summed E-state index contributed by atoms with van der Waals surface area (Å²) in [5, 5.41) is 4.49. The summed E-state index contributed by atoms with van der Waals surface area (Å²) >= 11 is 0. The van der Waals surface area contributed by atoms with Crippen molar-refractivity contribution in [2.75, 3.05) is 50.8 Å². The molecule has 0 N–H and O–H groups in total. The van der Waals surface area contributed by atoms with E-state index >= 15 is 4.39 Å². The highest BCUT2D eigenvalue weighted by atomic mass is 19.1. The summed E-state index contributed by atoms with van der Waals surface area (Å²) < 4.78 is 22.3. The number of piperidine rings is 1. The van der Waals surface area contributed by atoms with Crippen LogP contribution in [0.3, 0.4) is 0 Å². The highest BCUT2D eigenvalue weighted by Crippen LogP contribution is 2.34. The predicted octanol–water partition coefficient (Wildman–Crippen LogP) is 5.01. The molecule has 192 valence electrons. The van der Waals surface area contributed by atoms with Gasteiger partial charge >= 0.3 is 6.09 Å². The number of anilines is 1. The van der Waals surface area contributed by atoms with Crippen molar-refractivity contribution in [1.82, 2.24) is 19.4 Å². The highest BCUT2D eigenvalue weighted by molar-refractivity contribution is 5.80. The molecule has 36 heavy (non-hydrogen) atoms. The maximum Gasteiger partial charge on any atom is 0.409 e. The SMILES string of the molecule is CCOC(=O)N1CCN(c2ccnn3cc(-c4ccc(C5CCN(C(C)C)CC5)c(F)c4)cc23)CC1. The summed E-state index contributed by atoms with van der Waals surface area (Å²) in [5.74, 6) is 0.165. The van der Waals surface area contributed by atoms with E-state index in [9.17, 15) is 4.79 Å². The van der Waals surface area contributed by atoms with Crippen LogP contribution in [0.25, 0.3) is 16.6 Å². The second kappa shape index (κ2) is 10.5. The number of amides is 1. The van der Waals surface area contributed by atoms with Gasteiger partial charge in [0, 0.05) is 50.2 Å². The molecule has 0 bridgehead atoms. The lowest BCUT2D eigenvalue weighted by Gasteiger charge is -2.35. The molecule has 0 unspecified atom stereocenters. The molecule has 2 aromatic heterocycles. The van der Waals surface area contributed by atoms with Crippen molar-refractivity contribution >= 4 is 17.3 Å². The van der Waals surface area contributed by atoms with Gasteiger partial charge in [0.15, 0.2) is 0 Å². The number of halogens is 1. The molecule has 7 nitrogen and oxygen atoms in total. The Morgan fingerprint density at radius 2 is 1.81 bits per heavy atom. The van der Waals surface area contributed by atoms with Gasteiger partial charge in [-0.1, -0.05) is 12.1 Å². The van der Waals surface area contributed by atoms with E-state index in [0.717, 1.165) is 66.9 Å². The van der Waals surface area contributed by atoms with Crippen LogP contribution in [0.4, 0.5) is 14.9 Å². The van der Waals surface area contributed by atoms with Gasteiger partial charge < -0.3 is 19.4 Å². The second-order valence-corrected chi connectivity index (χ2v) is 10.1. The van der Waals surface area contributed by atoms with Crippen LogP contribution < -0.4 is 4.90 Å². The predicted molar refractivity (Wildman–Crippen MR) is 140 cm³/mol. The van der Waals surface area contributed by atoms with E-state index < -0.39 is 0 Å². The van der Waals surface area contributed by atoms with Crippen LogP contribution in [-0.2, 0) is 4.74 Å². The van der Waals surface area contributed by atoms with Crippen LogP contribution >= 0.6 is 0 Å². The fourth-order valence-electron chi connectivity index (χ4n) is 5.53. The monoisotopic (exact) mass is 493 g/mol. The number of rotatable bonds is 5. The van der Waals surface area contributed by atoms with Crippen LogP contribution in [0.5, 0.6) is 0 Å². The molecule has 8 heteroatoms. The Kier molecular flexibility index (Phi) is 7.14. The summed E-state index contributed by atoms with van der Waals surface area (Å²) in [7, 11) is 0. The molecule has 0 spiro atoms. The van der Waals surface area contributed by atoms with Crippen molar-refractivity contribution in [2.24, 2.45) is 0 Å². The van der Waals surface area contributed by atoms with Crippen molar-refractivity contribution < 1.29 is 13.9 Å². The first kappa shape index (κ1) is 24.6. The molecule has 4 heterocycles. The maximum atomic E-state index is 15.3. The first-order chi connectivity index (χ1) is 17.4. The van der Waals surface area contributed by atoms with Crippen molar-refractivity contribution in [3.63, 3.8) is 0 Å². The standard InChI is InChI=1S/C28H36FN5O2/c1-4-36-28(35)33-15-13-32(14-16-33)26-7-10-30-34-19-23(18-27(26)34)22-5-6-24(25(29)17-22)21-8-11-31(12-9-21)20(2)3/h5-7,10,17-21H,4,8-9,11-16H2,1-3H3. The molecule has 0 aliphatic carbocycles. The van der Waals surface area contributed by atoms with Crippen LogP contribution in [0.2, 0.25) is 0 Å². The summed E-state index contributed by atoms with van der Waals surface area (Å²) in [4.78, 5) is 18.5. The van der Waals surface area contributed by atoms with Gasteiger partial charge in [-0.25, -0.2) is 13.7 Å². The zero-order chi connectivity index (χ0) is 25.2. The van der Waals surface area contributed by atoms with E-state index in [1.807, 2.05) is 35.8 Å². The van der Waals surface area contributed by atoms with Gasteiger partial charge in [0.1, 0.15) is 5.82 Å². The van der Waals surface area contributed by atoms with Crippen LogP contribution in [0.1, 0.15) is 45.1 Å². The lowest BCUT2D eigenvalue weighted by Crippen LogP contribution is -2.49. The molecule has 1 aromatic carbocycles. The zero-order valence-electron chi connectivity index (χ0n) is 21.5. The number of likely N-dealkylation sites (tertiary alicyclic amines) is 1. The summed E-state index contributed by atoms with van der Waals surface area (Å²) in [6.45, 7) is 11.4. The maximum absolute atomic E-state index is 15.3. The average Bonchev–Trinajstić information content (AvgIpc) is 3.34. The normalized spacial score (nSPS) is 17.8. The van der Waals surface area contributed by atoms with Crippen LogP contribution in [0, 0.1) is 5.82 Å². The van der Waals surface area contributed by atoms with Gasteiger partial charge in [-0.05, 0) is 81.9 Å². The van der Waals surface area contributed by atoms with Gasteiger partial charge in [-0.3, -0.25) is 0 Å². The fourth-order valence-corrected chi connectivity index (χ4v) is 5.53. The second-order valence-electron chi connectivity index (χ2n) is 10.1. The van der Waals surface area contributed by atoms with Gasteiger partial charge in [-0.2, -0.15) is 5.10 Å². The number of hydrogen-bond donors (Lipinski definition) is 0. The Balaban J connectivity index is 1.33. The molecule has 2 saturated heterocycles. The third-order valence-electron chi connectivity index (χ3n) is 7.67. The molecule has 0 atom stereocenters. The van der Waals surface area contributed by atoms with Crippen molar-refractivity contribution in [3.05, 3.63) is 54.1 Å². The third kappa shape index (κ3) is 4.91. The molecule has 0 radical (unpaired) electrons. The van der Waals surface area contributed by atoms with E-state index in [4.69, 9.17) is 4.74 Å². The smallest absolute Gasteiger partial charge is 0.409 e. The minimum absolute atomic E-state index is 0.117. The lowest BCUT2D eigenvalue weighted by atomic mass is 9.88. The highest BCUT2D eigenvalue weighted by Gasteiger charge is 2.25. The number of aromatic nitrogens is 2. The number of hydrogen-bond acceptors (Lipinski definition) is 5. The number of benzene rings is 1. The third-order valence-corrected chi connectivity index (χ3v) is 7.67. The van der Waals surface area contributed by atoms with E-state index in [1.165, 1.54) is 0 Å². The average molecular weight is 494 g/mol. The summed E-state index contributed by atoms with van der Waals surface area (Å²) in [5.41, 5.74) is 4.68. The number of fused-ring (bicyclic) bond motifs is 1. The number of nitrogens with zero attached hydrogens (tertiary/aromatic N) is 5. The minimum Gasteiger partial charge on any atom is -0.450 e. The van der Waals surface area contributed by atoms with Gasteiger partial charge in [-0.15, -0.1) is 0 Å². The number of ether oxygens (including phenoxy) is 1. The van der Waals surface area contributed by atoms with E-state index in [2.05, 4.69) is 34.8 Å². The van der Waals surface area contributed by atoms with Gasteiger partial charge in [0.25, 0.3) is 0 Å². The fraction of sp³-hybridized carbons (Fsp3) is 0.500. The molecule has 2 aliphatic heterocycles. The number of piperazine rings is 1. The lowest BCUT2D eigenvalue weighted by molar-refractivity contribution is 0.105. The first-order valence-corrected chi connectivity index (χ1v) is 13.1. The Morgan fingerprint density at radius 3 is 2.47 bits per heavy atom.